The van der Waals surface area contributed by atoms with Gasteiger partial charge in [0.1, 0.15) is 0 Å². The molecule has 1 nitrogen and oxygen atoms in total. The second kappa shape index (κ2) is 6.43. The van der Waals surface area contributed by atoms with Gasteiger partial charge in [0.2, 0.25) is 0 Å². The van der Waals surface area contributed by atoms with Gasteiger partial charge in [-0.1, -0.05) is 48.4 Å². The van der Waals surface area contributed by atoms with Gasteiger partial charge in [-0.2, -0.15) is 0 Å². The van der Waals surface area contributed by atoms with E-state index in [1.807, 2.05) is 6.07 Å². The highest BCUT2D eigenvalue weighted by Crippen LogP contribution is 2.29. The summed E-state index contributed by atoms with van der Waals surface area (Å²) < 4.78 is 0. The van der Waals surface area contributed by atoms with Gasteiger partial charge in [-0.05, 0) is 61.7 Å². The number of benzene rings is 2. The minimum atomic E-state index is 0.194. The lowest BCUT2D eigenvalue weighted by atomic mass is 9.91. The van der Waals surface area contributed by atoms with E-state index in [-0.39, 0.29) is 6.04 Å². The van der Waals surface area contributed by atoms with Crippen LogP contribution < -0.4 is 5.32 Å². The third kappa shape index (κ3) is 3.23. The van der Waals surface area contributed by atoms with E-state index in [2.05, 4.69) is 63.3 Å². The van der Waals surface area contributed by atoms with Crippen LogP contribution in [0.1, 0.15) is 40.8 Å². The molecule has 0 heterocycles. The zero-order chi connectivity index (χ0) is 14.7. The number of nitrogens with one attached hydrogen (secondary N) is 1. The minimum Gasteiger partial charge on any atom is -0.307 e. The zero-order valence-corrected chi connectivity index (χ0v) is 13.4. The van der Waals surface area contributed by atoms with Crippen molar-refractivity contribution in [3.05, 3.63) is 69.2 Å². The highest BCUT2D eigenvalue weighted by atomic mass is 35.5. The SMILES string of the molecule is CCNC(c1ccc(C)cc1C)c1cc(Cl)ccc1C. The standard InChI is InChI=1S/C18H22ClN/c1-5-20-18(16-9-6-12(2)10-14(16)4)17-11-15(19)8-7-13(17)3/h6-11,18,20H,5H2,1-4H3. The molecule has 1 unspecified atom stereocenters. The number of hydrogen-bond donors (Lipinski definition) is 1. The van der Waals surface area contributed by atoms with Crippen molar-refractivity contribution in [3.63, 3.8) is 0 Å². The average Bonchev–Trinajstić information content (AvgIpc) is 2.40. The summed E-state index contributed by atoms with van der Waals surface area (Å²) in [7, 11) is 0. The lowest BCUT2D eigenvalue weighted by molar-refractivity contribution is 0.625. The van der Waals surface area contributed by atoms with Gasteiger partial charge in [-0.25, -0.2) is 0 Å². The van der Waals surface area contributed by atoms with E-state index in [9.17, 15) is 0 Å². The van der Waals surface area contributed by atoms with Crippen molar-refractivity contribution in [2.45, 2.75) is 33.7 Å². The molecule has 0 aliphatic rings. The fourth-order valence-corrected chi connectivity index (χ4v) is 2.84. The molecule has 0 amide bonds. The maximum atomic E-state index is 6.19. The lowest BCUT2D eigenvalue weighted by Gasteiger charge is -2.23. The van der Waals surface area contributed by atoms with Crippen LogP contribution in [0.3, 0.4) is 0 Å². The van der Waals surface area contributed by atoms with Crippen LogP contribution in [0.2, 0.25) is 5.02 Å². The number of rotatable bonds is 4. The molecule has 0 aromatic heterocycles. The Balaban J connectivity index is 2.53. The van der Waals surface area contributed by atoms with Crippen molar-refractivity contribution in [2.75, 3.05) is 6.54 Å². The van der Waals surface area contributed by atoms with E-state index in [0.29, 0.717) is 0 Å². The van der Waals surface area contributed by atoms with Crippen molar-refractivity contribution < 1.29 is 0 Å². The van der Waals surface area contributed by atoms with E-state index in [1.165, 1.54) is 27.8 Å². The fraction of sp³-hybridized carbons (Fsp3) is 0.333. The van der Waals surface area contributed by atoms with Crippen LogP contribution in [-0.2, 0) is 0 Å². The summed E-state index contributed by atoms with van der Waals surface area (Å²) >= 11 is 6.19. The second-order valence-corrected chi connectivity index (χ2v) is 5.79. The maximum Gasteiger partial charge on any atom is 0.0582 e. The summed E-state index contributed by atoms with van der Waals surface area (Å²) in [4.78, 5) is 0. The molecule has 20 heavy (non-hydrogen) atoms. The van der Waals surface area contributed by atoms with Gasteiger partial charge in [-0.3, -0.25) is 0 Å². The summed E-state index contributed by atoms with van der Waals surface area (Å²) in [6.07, 6.45) is 0. The molecular formula is C18H22ClN. The first-order valence-electron chi connectivity index (χ1n) is 7.09. The maximum absolute atomic E-state index is 6.19. The van der Waals surface area contributed by atoms with Crippen molar-refractivity contribution >= 4 is 11.6 Å². The average molecular weight is 288 g/mol. The largest absolute Gasteiger partial charge is 0.307 e. The predicted octanol–water partition coefficient (Wildman–Crippen LogP) is 4.96. The third-order valence-electron chi connectivity index (χ3n) is 3.70. The Hall–Kier alpha value is -1.31. The Bertz CT molecular complexity index is 604. The first-order valence-corrected chi connectivity index (χ1v) is 7.47. The van der Waals surface area contributed by atoms with Gasteiger partial charge in [-0.15, -0.1) is 0 Å². The molecule has 2 aromatic rings. The zero-order valence-electron chi connectivity index (χ0n) is 12.6. The molecule has 1 N–H and O–H groups in total. The van der Waals surface area contributed by atoms with Crippen LogP contribution in [0.5, 0.6) is 0 Å². The Labute approximate surface area is 127 Å². The number of halogens is 1. The molecular weight excluding hydrogens is 266 g/mol. The molecule has 2 aromatic carbocycles. The van der Waals surface area contributed by atoms with Gasteiger partial charge in [0.05, 0.1) is 6.04 Å². The highest BCUT2D eigenvalue weighted by Gasteiger charge is 2.17. The molecule has 1 atom stereocenters. The molecule has 0 aliphatic carbocycles. The van der Waals surface area contributed by atoms with Gasteiger partial charge in [0, 0.05) is 5.02 Å². The normalized spacial score (nSPS) is 12.4. The van der Waals surface area contributed by atoms with E-state index in [4.69, 9.17) is 11.6 Å². The van der Waals surface area contributed by atoms with Crippen LogP contribution in [0.25, 0.3) is 0 Å². The molecule has 2 rings (SSSR count). The number of hydrogen-bond acceptors (Lipinski definition) is 1. The Morgan fingerprint density at radius 3 is 2.35 bits per heavy atom. The molecule has 0 saturated carbocycles. The van der Waals surface area contributed by atoms with Crippen molar-refractivity contribution in [1.29, 1.82) is 0 Å². The van der Waals surface area contributed by atoms with Crippen LogP contribution in [0.4, 0.5) is 0 Å². The fourth-order valence-electron chi connectivity index (χ4n) is 2.66. The predicted molar refractivity (Wildman–Crippen MR) is 87.6 cm³/mol. The third-order valence-corrected chi connectivity index (χ3v) is 3.93. The molecule has 106 valence electrons. The molecule has 0 bridgehead atoms. The van der Waals surface area contributed by atoms with Gasteiger partial charge >= 0.3 is 0 Å². The van der Waals surface area contributed by atoms with Crippen molar-refractivity contribution in [3.8, 4) is 0 Å². The first kappa shape index (κ1) is 15.1. The molecule has 0 spiro atoms. The summed E-state index contributed by atoms with van der Waals surface area (Å²) in [5, 5.41) is 4.37. The summed E-state index contributed by atoms with van der Waals surface area (Å²) in [5.41, 5.74) is 6.45. The number of aryl methyl sites for hydroxylation is 3. The minimum absolute atomic E-state index is 0.194. The van der Waals surface area contributed by atoms with Crippen molar-refractivity contribution in [1.82, 2.24) is 5.32 Å². The quantitative estimate of drug-likeness (QED) is 0.838. The molecule has 2 heteroatoms. The van der Waals surface area contributed by atoms with E-state index in [0.717, 1.165) is 11.6 Å². The summed E-state index contributed by atoms with van der Waals surface area (Å²) in [6, 6.07) is 12.9. The Kier molecular flexibility index (Phi) is 4.85. The van der Waals surface area contributed by atoms with Crippen LogP contribution in [0, 0.1) is 20.8 Å². The second-order valence-electron chi connectivity index (χ2n) is 5.35. The van der Waals surface area contributed by atoms with Gasteiger partial charge in [0.25, 0.3) is 0 Å². The topological polar surface area (TPSA) is 12.0 Å². The van der Waals surface area contributed by atoms with Gasteiger partial charge < -0.3 is 5.32 Å². The molecule has 0 saturated heterocycles. The Morgan fingerprint density at radius 2 is 1.70 bits per heavy atom. The molecule has 0 radical (unpaired) electrons. The highest BCUT2D eigenvalue weighted by molar-refractivity contribution is 6.30. The van der Waals surface area contributed by atoms with E-state index >= 15 is 0 Å². The molecule has 0 aliphatic heterocycles. The van der Waals surface area contributed by atoms with Crippen LogP contribution >= 0.6 is 11.6 Å². The Morgan fingerprint density at radius 1 is 0.950 bits per heavy atom. The summed E-state index contributed by atoms with van der Waals surface area (Å²) in [6.45, 7) is 9.50. The van der Waals surface area contributed by atoms with Crippen LogP contribution in [-0.4, -0.2) is 6.54 Å². The molecule has 0 fully saturated rings. The van der Waals surface area contributed by atoms with Gasteiger partial charge in [0.15, 0.2) is 0 Å². The van der Waals surface area contributed by atoms with E-state index in [1.54, 1.807) is 0 Å². The monoisotopic (exact) mass is 287 g/mol. The lowest BCUT2D eigenvalue weighted by Crippen LogP contribution is -2.23. The van der Waals surface area contributed by atoms with Crippen molar-refractivity contribution in [2.24, 2.45) is 0 Å². The smallest absolute Gasteiger partial charge is 0.0582 e. The first-order chi connectivity index (χ1) is 9.52. The summed E-state index contributed by atoms with van der Waals surface area (Å²) in [5.74, 6) is 0. The van der Waals surface area contributed by atoms with Crippen LogP contribution in [0.15, 0.2) is 36.4 Å². The van der Waals surface area contributed by atoms with E-state index < -0.39 is 0 Å².